The first-order valence-electron chi connectivity index (χ1n) is 8.01. The average molecular weight is 289 g/mol. The summed E-state index contributed by atoms with van der Waals surface area (Å²) < 4.78 is 0. The molecule has 2 N–H and O–H groups in total. The zero-order valence-electron chi connectivity index (χ0n) is 11.8. The van der Waals surface area contributed by atoms with Gasteiger partial charge in [0, 0.05) is 12.5 Å². The van der Waals surface area contributed by atoms with E-state index in [-0.39, 0.29) is 17.7 Å². The lowest BCUT2D eigenvalue weighted by atomic mass is 9.99. The van der Waals surface area contributed by atoms with Gasteiger partial charge < -0.3 is 10.2 Å². The van der Waals surface area contributed by atoms with Gasteiger partial charge in [0.05, 0.1) is 6.54 Å². The number of likely N-dealkylation sites (tertiary alicyclic amines) is 1. The van der Waals surface area contributed by atoms with E-state index < -0.39 is 11.6 Å². The van der Waals surface area contributed by atoms with Gasteiger partial charge in [0.1, 0.15) is 5.54 Å². The second-order valence-corrected chi connectivity index (χ2v) is 7.51. The normalized spacial score (nSPS) is 49.5. The van der Waals surface area contributed by atoms with Gasteiger partial charge in [0.25, 0.3) is 5.91 Å². The lowest BCUT2D eigenvalue weighted by Gasteiger charge is -2.22. The SMILES string of the molecule is O=C1NC(=O)C2(CCN(C(=O)C3C4C5CCC(C5)C34)C2)N1. The molecule has 5 aliphatic rings. The highest BCUT2D eigenvalue weighted by atomic mass is 16.2. The Bertz CT molecular complexity index is 561. The Labute approximate surface area is 122 Å². The molecule has 2 saturated heterocycles. The minimum atomic E-state index is -0.865. The fourth-order valence-electron chi connectivity index (χ4n) is 5.68. The highest BCUT2D eigenvalue weighted by Gasteiger charge is 2.68. The van der Waals surface area contributed by atoms with Crippen molar-refractivity contribution in [3.05, 3.63) is 0 Å². The molecule has 5 atom stereocenters. The van der Waals surface area contributed by atoms with E-state index in [1.54, 1.807) is 0 Å². The number of nitrogens with zero attached hydrogens (tertiary/aromatic N) is 1. The Morgan fingerprint density at radius 3 is 2.52 bits per heavy atom. The van der Waals surface area contributed by atoms with Crippen LogP contribution in [0.1, 0.15) is 25.7 Å². The molecule has 5 fully saturated rings. The number of amides is 4. The van der Waals surface area contributed by atoms with Crippen LogP contribution in [0.5, 0.6) is 0 Å². The van der Waals surface area contributed by atoms with Gasteiger partial charge in [0.15, 0.2) is 0 Å². The van der Waals surface area contributed by atoms with Crippen LogP contribution in [0.25, 0.3) is 0 Å². The summed E-state index contributed by atoms with van der Waals surface area (Å²) >= 11 is 0. The Hall–Kier alpha value is -1.59. The zero-order valence-corrected chi connectivity index (χ0v) is 11.8. The van der Waals surface area contributed by atoms with Crippen LogP contribution in [0, 0.1) is 29.6 Å². The second kappa shape index (κ2) is 3.59. The molecule has 1 spiro atoms. The first kappa shape index (κ1) is 12.0. The first-order valence-corrected chi connectivity index (χ1v) is 8.01. The van der Waals surface area contributed by atoms with E-state index in [9.17, 15) is 14.4 Å². The third-order valence-corrected chi connectivity index (χ3v) is 6.62. The fourth-order valence-corrected chi connectivity index (χ4v) is 5.68. The van der Waals surface area contributed by atoms with Crippen LogP contribution >= 0.6 is 0 Å². The maximum absolute atomic E-state index is 12.7. The summed E-state index contributed by atoms with van der Waals surface area (Å²) in [5, 5.41) is 5.00. The molecule has 0 aromatic rings. The van der Waals surface area contributed by atoms with Gasteiger partial charge in [-0.1, -0.05) is 0 Å². The lowest BCUT2D eigenvalue weighted by Crippen LogP contribution is -2.49. The van der Waals surface area contributed by atoms with E-state index in [1.807, 2.05) is 4.90 Å². The highest BCUT2D eigenvalue weighted by molar-refractivity contribution is 6.07. The monoisotopic (exact) mass is 289 g/mol. The molecule has 6 heteroatoms. The largest absolute Gasteiger partial charge is 0.339 e. The molecule has 0 aromatic carbocycles. The van der Waals surface area contributed by atoms with Crippen molar-refractivity contribution in [1.29, 1.82) is 0 Å². The number of fused-ring (bicyclic) bond motifs is 5. The molecule has 3 saturated carbocycles. The van der Waals surface area contributed by atoms with E-state index in [0.29, 0.717) is 31.3 Å². The summed E-state index contributed by atoms with van der Waals surface area (Å²) in [6.45, 7) is 0.923. The number of hydrogen-bond acceptors (Lipinski definition) is 3. The molecule has 0 radical (unpaired) electrons. The zero-order chi connectivity index (χ0) is 14.4. The third-order valence-electron chi connectivity index (χ3n) is 6.62. The minimum Gasteiger partial charge on any atom is -0.339 e. The minimum absolute atomic E-state index is 0.214. The Balaban J connectivity index is 1.31. The smallest absolute Gasteiger partial charge is 0.322 e. The number of rotatable bonds is 1. The topological polar surface area (TPSA) is 78.5 Å². The first-order chi connectivity index (χ1) is 10.1. The molecular weight excluding hydrogens is 270 g/mol. The molecule has 3 aliphatic carbocycles. The third kappa shape index (κ3) is 1.40. The number of nitrogens with one attached hydrogen (secondary N) is 2. The van der Waals surface area contributed by atoms with E-state index in [0.717, 1.165) is 11.8 Å². The van der Waals surface area contributed by atoms with Crippen molar-refractivity contribution < 1.29 is 14.4 Å². The molecule has 4 amide bonds. The van der Waals surface area contributed by atoms with Crippen molar-refractivity contribution in [1.82, 2.24) is 15.5 Å². The van der Waals surface area contributed by atoms with Crippen LogP contribution in [-0.2, 0) is 9.59 Å². The second-order valence-electron chi connectivity index (χ2n) is 7.51. The summed E-state index contributed by atoms with van der Waals surface area (Å²) in [5.74, 6) is 2.97. The van der Waals surface area contributed by atoms with Crippen molar-refractivity contribution in [2.75, 3.05) is 13.1 Å². The Morgan fingerprint density at radius 1 is 1.19 bits per heavy atom. The molecule has 5 rings (SSSR count). The van der Waals surface area contributed by atoms with Gasteiger partial charge >= 0.3 is 6.03 Å². The van der Waals surface area contributed by atoms with E-state index in [4.69, 9.17) is 0 Å². The molecule has 6 nitrogen and oxygen atoms in total. The fraction of sp³-hybridized carbons (Fsp3) is 0.800. The average Bonchev–Trinajstić information content (AvgIpc) is 2.84. The maximum Gasteiger partial charge on any atom is 0.322 e. The summed E-state index contributed by atoms with van der Waals surface area (Å²) in [4.78, 5) is 37.8. The Kier molecular flexibility index (Phi) is 2.05. The van der Waals surface area contributed by atoms with Crippen LogP contribution in [0.15, 0.2) is 0 Å². The summed E-state index contributed by atoms with van der Waals surface area (Å²) in [7, 11) is 0. The number of hydrogen-bond donors (Lipinski definition) is 2. The van der Waals surface area contributed by atoms with Crippen molar-refractivity contribution in [3.63, 3.8) is 0 Å². The number of carbonyl (C=O) groups is 3. The molecule has 2 bridgehead atoms. The summed E-state index contributed by atoms with van der Waals surface area (Å²) in [6.07, 6.45) is 4.47. The standard InChI is InChI=1S/C15H19N3O3/c19-12(11-9-7-1-2-8(5-7)10(9)11)18-4-3-15(6-18)13(20)16-14(21)17-15/h7-11H,1-6H2,(H2,16,17,20,21). The van der Waals surface area contributed by atoms with Crippen molar-refractivity contribution in [2.45, 2.75) is 31.2 Å². The van der Waals surface area contributed by atoms with E-state index >= 15 is 0 Å². The van der Waals surface area contributed by atoms with Crippen LogP contribution in [-0.4, -0.2) is 41.4 Å². The van der Waals surface area contributed by atoms with E-state index in [1.165, 1.54) is 19.3 Å². The number of carbonyl (C=O) groups excluding carboxylic acids is 3. The van der Waals surface area contributed by atoms with Gasteiger partial charge in [-0.25, -0.2) is 4.79 Å². The van der Waals surface area contributed by atoms with Crippen LogP contribution in [0.2, 0.25) is 0 Å². The molecule has 0 aromatic heterocycles. The van der Waals surface area contributed by atoms with Gasteiger partial charge in [0.2, 0.25) is 5.91 Å². The molecule has 112 valence electrons. The van der Waals surface area contributed by atoms with E-state index in [2.05, 4.69) is 10.6 Å². The molecule has 21 heavy (non-hydrogen) atoms. The predicted molar refractivity (Wildman–Crippen MR) is 71.9 cm³/mol. The summed E-state index contributed by atoms with van der Waals surface area (Å²) in [5.41, 5.74) is -0.865. The maximum atomic E-state index is 12.7. The van der Waals surface area contributed by atoms with Gasteiger partial charge in [-0.15, -0.1) is 0 Å². The Morgan fingerprint density at radius 2 is 1.90 bits per heavy atom. The summed E-state index contributed by atoms with van der Waals surface area (Å²) in [6, 6.07) is -0.435. The quantitative estimate of drug-likeness (QED) is 0.672. The van der Waals surface area contributed by atoms with Crippen molar-refractivity contribution >= 4 is 17.8 Å². The predicted octanol–water partition coefficient (Wildman–Crippen LogP) is 0.0890. The molecular formula is C15H19N3O3. The van der Waals surface area contributed by atoms with Crippen LogP contribution in [0.3, 0.4) is 0 Å². The van der Waals surface area contributed by atoms with Gasteiger partial charge in [-0.05, 0) is 49.4 Å². The van der Waals surface area contributed by atoms with Crippen LogP contribution < -0.4 is 10.6 Å². The number of urea groups is 1. The van der Waals surface area contributed by atoms with Crippen LogP contribution in [0.4, 0.5) is 4.79 Å². The molecule has 5 unspecified atom stereocenters. The van der Waals surface area contributed by atoms with Gasteiger partial charge in [-0.3, -0.25) is 14.9 Å². The molecule has 2 heterocycles. The molecule has 2 aliphatic heterocycles. The number of imide groups is 1. The van der Waals surface area contributed by atoms with Gasteiger partial charge in [-0.2, -0.15) is 0 Å². The lowest BCUT2D eigenvalue weighted by molar-refractivity contribution is -0.133. The van der Waals surface area contributed by atoms with Crippen molar-refractivity contribution in [3.8, 4) is 0 Å². The highest BCUT2D eigenvalue weighted by Crippen LogP contribution is 2.69. The van der Waals surface area contributed by atoms with Crippen molar-refractivity contribution in [2.24, 2.45) is 29.6 Å².